The van der Waals surface area contributed by atoms with Gasteiger partial charge in [0.1, 0.15) is 0 Å². The van der Waals surface area contributed by atoms with Gasteiger partial charge in [-0.15, -0.1) is 0 Å². The molecule has 0 unspecified atom stereocenters. The molecule has 2 N–H and O–H groups in total. The molecule has 0 fully saturated rings. The lowest BCUT2D eigenvalue weighted by Crippen LogP contribution is -2.25. The summed E-state index contributed by atoms with van der Waals surface area (Å²) in [5.74, 6) is 0. The minimum absolute atomic E-state index is 0.718. The molecule has 1 aliphatic heterocycles. The molecule has 0 aromatic heterocycles. The first kappa shape index (κ1) is 7.35. The Labute approximate surface area is 61.3 Å². The third kappa shape index (κ3) is 1.61. The highest BCUT2D eigenvalue weighted by molar-refractivity contribution is 5.28. The van der Waals surface area contributed by atoms with Gasteiger partial charge in [0.25, 0.3) is 0 Å². The highest BCUT2D eigenvalue weighted by Crippen LogP contribution is 2.16. The molecule has 0 radical (unpaired) electrons. The minimum Gasteiger partial charge on any atom is -0.387 e. The number of aliphatic hydroxyl groups is 1. The van der Waals surface area contributed by atoms with E-state index in [0.29, 0.717) is 0 Å². The summed E-state index contributed by atoms with van der Waals surface area (Å²) in [6.07, 6.45) is 5.78. The van der Waals surface area contributed by atoms with Crippen LogP contribution in [0, 0.1) is 0 Å². The standard InChI is InChI=1S/C8H13NO/c1-8(2,10)7-4-3-5-9-6-7/h3-4,6,9-10H,5H2,1-2H3. The monoisotopic (exact) mass is 139 g/mol. The van der Waals surface area contributed by atoms with Crippen molar-refractivity contribution in [2.45, 2.75) is 19.4 Å². The van der Waals surface area contributed by atoms with Gasteiger partial charge in [0.15, 0.2) is 0 Å². The summed E-state index contributed by atoms with van der Waals surface area (Å²) in [7, 11) is 0. The van der Waals surface area contributed by atoms with Crippen molar-refractivity contribution in [2.75, 3.05) is 6.54 Å². The van der Waals surface area contributed by atoms with Crippen LogP contribution in [0.25, 0.3) is 0 Å². The van der Waals surface area contributed by atoms with Crippen molar-refractivity contribution < 1.29 is 5.11 Å². The molecule has 1 heterocycles. The van der Waals surface area contributed by atoms with Gasteiger partial charge in [-0.05, 0) is 19.4 Å². The Morgan fingerprint density at radius 2 is 2.30 bits per heavy atom. The fourth-order valence-corrected chi connectivity index (χ4v) is 0.851. The number of dihydropyridines is 1. The largest absolute Gasteiger partial charge is 0.387 e. The second-order valence-corrected chi connectivity index (χ2v) is 2.97. The Morgan fingerprint density at radius 3 is 2.60 bits per heavy atom. The lowest BCUT2D eigenvalue weighted by molar-refractivity contribution is 0.123. The SMILES string of the molecule is CC(C)(O)C1=CNCC=C1. The van der Waals surface area contributed by atoms with E-state index in [9.17, 15) is 5.11 Å². The highest BCUT2D eigenvalue weighted by atomic mass is 16.3. The summed E-state index contributed by atoms with van der Waals surface area (Å²) in [4.78, 5) is 0. The molecule has 0 saturated heterocycles. The summed E-state index contributed by atoms with van der Waals surface area (Å²) in [6.45, 7) is 4.41. The number of rotatable bonds is 1. The molecule has 0 amide bonds. The van der Waals surface area contributed by atoms with E-state index in [2.05, 4.69) is 5.32 Å². The van der Waals surface area contributed by atoms with Crippen LogP contribution >= 0.6 is 0 Å². The smallest absolute Gasteiger partial charge is 0.0854 e. The molecule has 1 rings (SSSR count). The van der Waals surface area contributed by atoms with Crippen LogP contribution in [0.3, 0.4) is 0 Å². The number of nitrogens with one attached hydrogen (secondary N) is 1. The Kier molecular flexibility index (Phi) is 1.81. The Balaban J connectivity index is 2.73. The molecule has 2 heteroatoms. The first-order valence-electron chi connectivity index (χ1n) is 3.43. The van der Waals surface area contributed by atoms with Crippen LogP contribution in [-0.4, -0.2) is 17.3 Å². The molecule has 0 spiro atoms. The van der Waals surface area contributed by atoms with Crippen molar-refractivity contribution in [3.8, 4) is 0 Å². The van der Waals surface area contributed by atoms with Gasteiger partial charge in [-0.2, -0.15) is 0 Å². The maximum atomic E-state index is 9.48. The molecule has 0 atom stereocenters. The summed E-state index contributed by atoms with van der Waals surface area (Å²) in [5, 5.41) is 12.5. The normalized spacial score (nSPS) is 18.1. The second-order valence-electron chi connectivity index (χ2n) is 2.97. The maximum absolute atomic E-state index is 9.48. The highest BCUT2D eigenvalue weighted by Gasteiger charge is 2.17. The average Bonchev–Trinajstić information content (AvgIpc) is 1.88. The molecule has 0 saturated carbocycles. The fourth-order valence-electron chi connectivity index (χ4n) is 0.851. The summed E-state index contributed by atoms with van der Waals surface area (Å²) in [6, 6.07) is 0. The van der Waals surface area contributed by atoms with Gasteiger partial charge in [0.05, 0.1) is 5.60 Å². The van der Waals surface area contributed by atoms with E-state index >= 15 is 0 Å². The Hall–Kier alpha value is -0.760. The zero-order valence-electron chi connectivity index (χ0n) is 6.39. The topological polar surface area (TPSA) is 32.3 Å². The van der Waals surface area contributed by atoms with Crippen molar-refractivity contribution in [3.63, 3.8) is 0 Å². The van der Waals surface area contributed by atoms with Crippen LogP contribution < -0.4 is 5.32 Å². The Morgan fingerprint density at radius 1 is 1.60 bits per heavy atom. The van der Waals surface area contributed by atoms with Gasteiger partial charge in [-0.1, -0.05) is 12.2 Å². The molecule has 2 nitrogen and oxygen atoms in total. The van der Waals surface area contributed by atoms with E-state index in [1.807, 2.05) is 18.4 Å². The van der Waals surface area contributed by atoms with E-state index < -0.39 is 5.60 Å². The summed E-state index contributed by atoms with van der Waals surface area (Å²) < 4.78 is 0. The van der Waals surface area contributed by atoms with Crippen LogP contribution in [0.4, 0.5) is 0 Å². The van der Waals surface area contributed by atoms with Crippen molar-refractivity contribution in [1.29, 1.82) is 0 Å². The van der Waals surface area contributed by atoms with Crippen LogP contribution in [0.1, 0.15) is 13.8 Å². The number of hydrogen-bond acceptors (Lipinski definition) is 2. The predicted molar refractivity (Wildman–Crippen MR) is 41.5 cm³/mol. The first-order chi connectivity index (χ1) is 4.61. The first-order valence-corrected chi connectivity index (χ1v) is 3.43. The molecular weight excluding hydrogens is 126 g/mol. The van der Waals surface area contributed by atoms with E-state index in [4.69, 9.17) is 0 Å². The third-order valence-electron chi connectivity index (χ3n) is 1.50. The van der Waals surface area contributed by atoms with E-state index in [1.54, 1.807) is 13.8 Å². The van der Waals surface area contributed by atoms with Crippen molar-refractivity contribution in [3.05, 3.63) is 23.9 Å². The molecule has 0 aromatic rings. The summed E-state index contributed by atoms with van der Waals surface area (Å²) >= 11 is 0. The molecule has 56 valence electrons. The van der Waals surface area contributed by atoms with Gasteiger partial charge in [0, 0.05) is 12.7 Å². The molecule has 10 heavy (non-hydrogen) atoms. The third-order valence-corrected chi connectivity index (χ3v) is 1.50. The summed E-state index contributed by atoms with van der Waals surface area (Å²) in [5.41, 5.74) is 0.211. The lowest BCUT2D eigenvalue weighted by atomic mass is 9.98. The second kappa shape index (κ2) is 2.46. The van der Waals surface area contributed by atoms with Crippen LogP contribution in [-0.2, 0) is 0 Å². The Bertz CT molecular complexity index is 174. The van der Waals surface area contributed by atoms with E-state index in [-0.39, 0.29) is 0 Å². The molecule has 0 bridgehead atoms. The molecule has 0 aromatic carbocycles. The van der Waals surface area contributed by atoms with Crippen molar-refractivity contribution >= 4 is 0 Å². The minimum atomic E-state index is -0.718. The zero-order valence-corrected chi connectivity index (χ0v) is 6.39. The molecule has 1 aliphatic rings. The maximum Gasteiger partial charge on any atom is 0.0854 e. The van der Waals surface area contributed by atoms with Crippen molar-refractivity contribution in [2.24, 2.45) is 0 Å². The van der Waals surface area contributed by atoms with Crippen LogP contribution in [0.2, 0.25) is 0 Å². The zero-order chi connectivity index (χ0) is 7.61. The van der Waals surface area contributed by atoms with Gasteiger partial charge in [-0.3, -0.25) is 0 Å². The van der Waals surface area contributed by atoms with Crippen LogP contribution in [0.5, 0.6) is 0 Å². The van der Waals surface area contributed by atoms with E-state index in [1.165, 1.54) is 0 Å². The molecular formula is C8H13NO. The predicted octanol–water partition coefficient (Wildman–Crippen LogP) is 0.801. The number of hydrogen-bond donors (Lipinski definition) is 2. The average molecular weight is 139 g/mol. The van der Waals surface area contributed by atoms with E-state index in [0.717, 1.165) is 12.1 Å². The quantitative estimate of drug-likeness (QED) is 0.563. The van der Waals surface area contributed by atoms with Gasteiger partial charge >= 0.3 is 0 Å². The van der Waals surface area contributed by atoms with Gasteiger partial charge in [0.2, 0.25) is 0 Å². The fraction of sp³-hybridized carbons (Fsp3) is 0.500. The van der Waals surface area contributed by atoms with Crippen LogP contribution in [0.15, 0.2) is 23.9 Å². The molecule has 0 aliphatic carbocycles. The van der Waals surface area contributed by atoms with Gasteiger partial charge < -0.3 is 10.4 Å². The lowest BCUT2D eigenvalue weighted by Gasteiger charge is -2.21. The van der Waals surface area contributed by atoms with Crippen molar-refractivity contribution in [1.82, 2.24) is 5.32 Å². The van der Waals surface area contributed by atoms with Gasteiger partial charge in [-0.25, -0.2) is 0 Å².